The average molecular weight is 403 g/mol. The first-order chi connectivity index (χ1) is 13.5. The topological polar surface area (TPSA) is 80.7 Å². The lowest BCUT2D eigenvalue weighted by Gasteiger charge is -2.56. The lowest BCUT2D eigenvalue weighted by molar-refractivity contribution is -0.167. The number of hydrogen-bond donors (Lipinski definition) is 1. The fourth-order valence-electron chi connectivity index (χ4n) is 7.53. The van der Waals surface area contributed by atoms with Gasteiger partial charge in [0.15, 0.2) is 6.61 Å². The number of allylic oxidation sites excluding steroid dienone is 2. The van der Waals surface area contributed by atoms with Gasteiger partial charge in [-0.1, -0.05) is 32.4 Å². The first kappa shape index (κ1) is 20.8. The molecule has 4 aliphatic rings. The number of rotatable bonds is 3. The molecule has 5 heteroatoms. The number of ketones is 2. The summed E-state index contributed by atoms with van der Waals surface area (Å²) in [4.78, 5) is 36.3. The second-order valence-electron chi connectivity index (χ2n) is 10.5. The fourth-order valence-corrected chi connectivity index (χ4v) is 7.53. The third-order valence-corrected chi connectivity index (χ3v) is 9.26. The van der Waals surface area contributed by atoms with E-state index in [9.17, 15) is 19.5 Å². The Kier molecular flexibility index (Phi) is 4.84. The van der Waals surface area contributed by atoms with E-state index in [0.29, 0.717) is 36.9 Å². The van der Waals surface area contributed by atoms with Gasteiger partial charge in [-0.3, -0.25) is 14.4 Å². The Balaban J connectivity index is 1.67. The highest BCUT2D eigenvalue weighted by molar-refractivity contribution is 5.91. The Morgan fingerprint density at radius 2 is 2.00 bits per heavy atom. The lowest BCUT2D eigenvalue weighted by atomic mass is 9.48. The van der Waals surface area contributed by atoms with Crippen LogP contribution in [0.4, 0.5) is 0 Å². The number of esters is 1. The molecule has 0 aromatic carbocycles. The molecule has 0 bridgehead atoms. The summed E-state index contributed by atoms with van der Waals surface area (Å²) >= 11 is 0. The van der Waals surface area contributed by atoms with Crippen molar-refractivity contribution in [1.82, 2.24) is 0 Å². The molecule has 3 saturated carbocycles. The highest BCUT2D eigenvalue weighted by atomic mass is 16.5. The van der Waals surface area contributed by atoms with Crippen LogP contribution in [-0.2, 0) is 19.1 Å². The van der Waals surface area contributed by atoms with Gasteiger partial charge in [0.2, 0.25) is 5.78 Å². The van der Waals surface area contributed by atoms with Crippen molar-refractivity contribution < 1.29 is 24.2 Å². The Labute approximate surface area is 173 Å². The standard InChI is InChI=1S/C24H34O5/c1-14-11-20-18-6-5-16-12-17(26)7-9-22(16,3)19(18)8-10-23(20,4)24(14,28)21(27)13-29-15(2)25/h8,14,16,18,20,28H,5-7,9-13H2,1-4H3/t14-,16+,18-,20-,22+,23+,24+/m1/s1. The monoisotopic (exact) mass is 402 g/mol. The molecule has 4 aliphatic carbocycles. The van der Waals surface area contributed by atoms with Crippen molar-refractivity contribution in [1.29, 1.82) is 0 Å². The number of ether oxygens (including phenoxy) is 1. The summed E-state index contributed by atoms with van der Waals surface area (Å²) in [6.45, 7) is 7.27. The van der Waals surface area contributed by atoms with Gasteiger partial charge < -0.3 is 9.84 Å². The van der Waals surface area contributed by atoms with Crippen LogP contribution in [0, 0.1) is 34.5 Å². The molecule has 0 aliphatic heterocycles. The second-order valence-corrected chi connectivity index (χ2v) is 10.5. The van der Waals surface area contributed by atoms with E-state index < -0.39 is 17.0 Å². The third-order valence-electron chi connectivity index (χ3n) is 9.26. The van der Waals surface area contributed by atoms with Crippen molar-refractivity contribution in [3.05, 3.63) is 11.6 Å². The van der Waals surface area contributed by atoms with Crippen molar-refractivity contribution in [3.63, 3.8) is 0 Å². The molecule has 160 valence electrons. The van der Waals surface area contributed by atoms with Crippen LogP contribution in [0.2, 0.25) is 0 Å². The quantitative estimate of drug-likeness (QED) is 0.576. The van der Waals surface area contributed by atoms with Crippen LogP contribution in [0.1, 0.15) is 72.6 Å². The van der Waals surface area contributed by atoms with E-state index in [1.807, 2.05) is 6.92 Å². The van der Waals surface area contributed by atoms with Crippen LogP contribution < -0.4 is 0 Å². The van der Waals surface area contributed by atoms with Gasteiger partial charge in [0.1, 0.15) is 11.4 Å². The van der Waals surface area contributed by atoms with Gasteiger partial charge in [-0.25, -0.2) is 0 Å². The van der Waals surface area contributed by atoms with E-state index in [-0.39, 0.29) is 29.6 Å². The van der Waals surface area contributed by atoms with Gasteiger partial charge in [0, 0.05) is 25.2 Å². The van der Waals surface area contributed by atoms with Crippen molar-refractivity contribution in [3.8, 4) is 0 Å². The zero-order chi connectivity index (χ0) is 21.2. The summed E-state index contributed by atoms with van der Waals surface area (Å²) in [6, 6.07) is 0. The number of aliphatic hydroxyl groups is 1. The summed E-state index contributed by atoms with van der Waals surface area (Å²) in [5.74, 6) is 0.376. The molecule has 4 rings (SSSR count). The van der Waals surface area contributed by atoms with Gasteiger partial charge in [0.25, 0.3) is 0 Å². The molecule has 0 unspecified atom stereocenters. The lowest BCUT2D eigenvalue weighted by Crippen LogP contribution is -2.58. The molecular formula is C24H34O5. The zero-order valence-corrected chi connectivity index (χ0v) is 18.1. The highest BCUT2D eigenvalue weighted by Crippen LogP contribution is 2.67. The van der Waals surface area contributed by atoms with Crippen molar-refractivity contribution in [2.75, 3.05) is 6.61 Å². The molecule has 0 amide bonds. The maximum Gasteiger partial charge on any atom is 0.303 e. The van der Waals surface area contributed by atoms with E-state index in [1.165, 1.54) is 12.5 Å². The minimum absolute atomic E-state index is 0.0733. The summed E-state index contributed by atoms with van der Waals surface area (Å²) < 4.78 is 4.96. The maximum atomic E-state index is 13.0. The maximum absolute atomic E-state index is 13.0. The van der Waals surface area contributed by atoms with Crippen LogP contribution >= 0.6 is 0 Å². The van der Waals surface area contributed by atoms with Crippen molar-refractivity contribution in [2.45, 2.75) is 78.2 Å². The Hall–Kier alpha value is -1.49. The molecule has 0 aromatic heterocycles. The van der Waals surface area contributed by atoms with Crippen LogP contribution in [0.5, 0.6) is 0 Å². The molecule has 0 aromatic rings. The zero-order valence-electron chi connectivity index (χ0n) is 18.1. The van der Waals surface area contributed by atoms with Crippen molar-refractivity contribution in [2.24, 2.45) is 34.5 Å². The Bertz CT molecular complexity index is 784. The minimum Gasteiger partial charge on any atom is -0.458 e. The number of carbonyl (C=O) groups is 3. The molecule has 0 heterocycles. The average Bonchev–Trinajstić information content (AvgIpc) is 2.88. The Morgan fingerprint density at radius 1 is 1.28 bits per heavy atom. The van der Waals surface area contributed by atoms with Gasteiger partial charge in [0.05, 0.1) is 0 Å². The largest absolute Gasteiger partial charge is 0.458 e. The van der Waals surface area contributed by atoms with Crippen molar-refractivity contribution >= 4 is 17.5 Å². The van der Waals surface area contributed by atoms with E-state index in [4.69, 9.17) is 4.74 Å². The van der Waals surface area contributed by atoms with Crippen LogP contribution in [-0.4, -0.2) is 34.9 Å². The molecule has 1 N–H and O–H groups in total. The third kappa shape index (κ3) is 2.79. The predicted molar refractivity (Wildman–Crippen MR) is 108 cm³/mol. The molecule has 0 saturated heterocycles. The number of carbonyl (C=O) groups excluding carboxylic acids is 3. The van der Waals surface area contributed by atoms with E-state index in [1.54, 1.807) is 0 Å². The van der Waals surface area contributed by atoms with Crippen LogP contribution in [0.3, 0.4) is 0 Å². The van der Waals surface area contributed by atoms with Gasteiger partial charge in [-0.2, -0.15) is 0 Å². The molecule has 0 radical (unpaired) electrons. The van der Waals surface area contributed by atoms with Crippen LogP contribution in [0.25, 0.3) is 0 Å². The normalized spacial score (nSPS) is 46.2. The van der Waals surface area contributed by atoms with Gasteiger partial charge >= 0.3 is 5.97 Å². The molecule has 0 spiro atoms. The smallest absolute Gasteiger partial charge is 0.303 e. The fraction of sp³-hybridized carbons (Fsp3) is 0.792. The second kappa shape index (κ2) is 6.76. The number of fused-ring (bicyclic) bond motifs is 5. The summed E-state index contributed by atoms with van der Waals surface area (Å²) in [6.07, 6.45) is 8.13. The van der Waals surface area contributed by atoms with E-state index in [0.717, 1.165) is 25.7 Å². The molecule has 3 fully saturated rings. The van der Waals surface area contributed by atoms with Gasteiger partial charge in [-0.05, 0) is 61.2 Å². The SMILES string of the molecule is CC(=O)OCC(=O)[C@@]1(O)[C@H](C)C[C@@H]2[C@@H]3CC[C@H]4CC(=O)CC[C@]4(C)C3=CC[C@@]21C. The summed E-state index contributed by atoms with van der Waals surface area (Å²) in [5.41, 5.74) is -0.474. The molecule has 29 heavy (non-hydrogen) atoms. The number of hydrogen-bond acceptors (Lipinski definition) is 5. The molecule has 5 nitrogen and oxygen atoms in total. The Morgan fingerprint density at radius 3 is 2.69 bits per heavy atom. The van der Waals surface area contributed by atoms with Crippen LogP contribution in [0.15, 0.2) is 11.6 Å². The summed E-state index contributed by atoms with van der Waals surface area (Å²) in [5, 5.41) is 11.7. The number of Topliss-reactive ketones (excluding diaryl/α,β-unsaturated/α-hetero) is 2. The first-order valence-corrected chi connectivity index (χ1v) is 11.2. The predicted octanol–water partition coefficient (Wildman–Crippen LogP) is 3.63. The molecular weight excluding hydrogens is 368 g/mol. The first-order valence-electron chi connectivity index (χ1n) is 11.2. The van der Waals surface area contributed by atoms with E-state index in [2.05, 4.69) is 19.9 Å². The van der Waals surface area contributed by atoms with Gasteiger partial charge in [-0.15, -0.1) is 0 Å². The van der Waals surface area contributed by atoms with E-state index >= 15 is 0 Å². The molecule has 7 atom stereocenters. The minimum atomic E-state index is -1.48. The highest BCUT2D eigenvalue weighted by Gasteiger charge is 2.67. The summed E-state index contributed by atoms with van der Waals surface area (Å²) in [7, 11) is 0.